The number of hydrogen-bond donors (Lipinski definition) is 5. The summed E-state index contributed by atoms with van der Waals surface area (Å²) in [5, 5.41) is 40.5. The van der Waals surface area contributed by atoms with Crippen molar-refractivity contribution in [2.24, 2.45) is 0 Å². The number of fused-ring (bicyclic) bond motifs is 1. The van der Waals surface area contributed by atoms with Crippen molar-refractivity contribution in [3.63, 3.8) is 0 Å². The Morgan fingerprint density at radius 3 is 2.67 bits per heavy atom. The molecule has 0 spiro atoms. The third-order valence-electron chi connectivity index (χ3n) is 3.31. The Labute approximate surface area is 106 Å². The molecule has 1 aliphatic rings. The van der Waals surface area contributed by atoms with E-state index in [0.29, 0.717) is 5.56 Å². The zero-order valence-corrected chi connectivity index (χ0v) is 10.1. The Bertz CT molecular complexity index is 420. The third-order valence-corrected chi connectivity index (χ3v) is 3.31. The van der Waals surface area contributed by atoms with Gasteiger partial charge in [-0.2, -0.15) is 0 Å². The van der Waals surface area contributed by atoms with Crippen LogP contribution in [0.25, 0.3) is 0 Å². The largest absolute Gasteiger partial charge is 0.396 e. The van der Waals surface area contributed by atoms with Crippen molar-refractivity contribution in [2.75, 3.05) is 18.5 Å². The van der Waals surface area contributed by atoms with E-state index in [1.807, 2.05) is 6.07 Å². The normalized spacial score (nSPS) is 15.6. The molecule has 2 rings (SSSR count). The maximum atomic E-state index is 10.0. The summed E-state index contributed by atoms with van der Waals surface area (Å²) >= 11 is 0. The lowest BCUT2D eigenvalue weighted by Gasteiger charge is -2.19. The maximum absolute atomic E-state index is 10.0. The standard InChI is InChI=1S/C13H19NO4/c15-6-4-12(16)9-1-2-11-8(3-5-14-11)10(9)7-13(17)18/h1-2,12-18H,3-7H2. The fourth-order valence-corrected chi connectivity index (χ4v) is 2.50. The van der Waals surface area contributed by atoms with Crippen molar-refractivity contribution in [1.82, 2.24) is 0 Å². The van der Waals surface area contributed by atoms with Crippen LogP contribution >= 0.6 is 0 Å². The molecular formula is C13H19NO4. The molecule has 0 saturated heterocycles. The first-order chi connectivity index (χ1) is 8.63. The smallest absolute Gasteiger partial charge is 0.155 e. The molecule has 0 saturated carbocycles. The summed E-state index contributed by atoms with van der Waals surface area (Å²) in [6.07, 6.45) is -1.03. The highest BCUT2D eigenvalue weighted by atomic mass is 16.5. The topological polar surface area (TPSA) is 93.0 Å². The van der Waals surface area contributed by atoms with Crippen LogP contribution in [0.4, 0.5) is 5.69 Å². The average Bonchev–Trinajstić information content (AvgIpc) is 2.77. The van der Waals surface area contributed by atoms with E-state index in [0.717, 1.165) is 29.8 Å². The monoisotopic (exact) mass is 253 g/mol. The molecule has 5 N–H and O–H groups in total. The van der Waals surface area contributed by atoms with Gasteiger partial charge in [-0.25, -0.2) is 0 Å². The van der Waals surface area contributed by atoms with Crippen LogP contribution in [0.15, 0.2) is 12.1 Å². The first-order valence-corrected chi connectivity index (χ1v) is 6.17. The van der Waals surface area contributed by atoms with E-state index in [1.165, 1.54) is 0 Å². The molecule has 1 heterocycles. The lowest BCUT2D eigenvalue weighted by atomic mass is 9.92. The third kappa shape index (κ3) is 2.64. The minimum Gasteiger partial charge on any atom is -0.396 e. The van der Waals surface area contributed by atoms with Crippen molar-refractivity contribution in [2.45, 2.75) is 31.7 Å². The molecule has 1 aromatic rings. The van der Waals surface area contributed by atoms with Crippen LogP contribution in [0.1, 0.15) is 29.2 Å². The number of anilines is 1. The van der Waals surface area contributed by atoms with E-state index >= 15 is 0 Å². The highest BCUT2D eigenvalue weighted by Gasteiger charge is 2.22. The molecule has 0 radical (unpaired) electrons. The van der Waals surface area contributed by atoms with Gasteiger partial charge in [0.15, 0.2) is 6.29 Å². The van der Waals surface area contributed by atoms with Gasteiger partial charge in [-0.3, -0.25) is 0 Å². The van der Waals surface area contributed by atoms with Crippen LogP contribution in [0, 0.1) is 0 Å². The predicted molar refractivity (Wildman–Crippen MR) is 67.2 cm³/mol. The van der Waals surface area contributed by atoms with E-state index in [1.54, 1.807) is 6.07 Å². The second-order valence-corrected chi connectivity index (χ2v) is 4.55. The van der Waals surface area contributed by atoms with Gasteiger partial charge in [0.05, 0.1) is 6.10 Å². The van der Waals surface area contributed by atoms with E-state index in [4.69, 9.17) is 5.11 Å². The van der Waals surface area contributed by atoms with Crippen molar-refractivity contribution < 1.29 is 20.4 Å². The Hall–Kier alpha value is -1.14. The molecule has 18 heavy (non-hydrogen) atoms. The minimum absolute atomic E-state index is 0.0996. The Balaban J connectivity index is 2.39. The summed E-state index contributed by atoms with van der Waals surface area (Å²) in [6, 6.07) is 3.68. The van der Waals surface area contributed by atoms with Crippen LogP contribution in [0.5, 0.6) is 0 Å². The Kier molecular flexibility index (Phi) is 4.19. The first kappa shape index (κ1) is 13.3. The molecule has 1 atom stereocenters. The molecule has 0 aromatic heterocycles. The first-order valence-electron chi connectivity index (χ1n) is 6.17. The summed E-state index contributed by atoms with van der Waals surface area (Å²) in [6.45, 7) is 0.723. The van der Waals surface area contributed by atoms with Gasteiger partial charge in [-0.15, -0.1) is 0 Å². The minimum atomic E-state index is -1.43. The van der Waals surface area contributed by atoms with Crippen LogP contribution in [0.3, 0.4) is 0 Å². The number of hydrogen-bond acceptors (Lipinski definition) is 5. The molecule has 0 fully saturated rings. The van der Waals surface area contributed by atoms with E-state index in [9.17, 15) is 15.3 Å². The molecule has 1 aliphatic heterocycles. The molecular weight excluding hydrogens is 234 g/mol. The zero-order chi connectivity index (χ0) is 13.1. The van der Waals surface area contributed by atoms with Gasteiger partial charge in [0, 0.05) is 31.7 Å². The predicted octanol–water partition coefficient (Wildman–Crippen LogP) is -0.0764. The average molecular weight is 253 g/mol. The van der Waals surface area contributed by atoms with E-state index in [2.05, 4.69) is 5.32 Å². The number of benzene rings is 1. The van der Waals surface area contributed by atoms with Gasteiger partial charge in [-0.1, -0.05) is 6.07 Å². The lowest BCUT2D eigenvalue weighted by molar-refractivity contribution is -0.0386. The summed E-state index contributed by atoms with van der Waals surface area (Å²) in [4.78, 5) is 0. The van der Waals surface area contributed by atoms with E-state index < -0.39 is 12.4 Å². The van der Waals surface area contributed by atoms with Crippen LogP contribution in [-0.2, 0) is 12.8 Å². The van der Waals surface area contributed by atoms with E-state index in [-0.39, 0.29) is 19.4 Å². The molecule has 5 nitrogen and oxygen atoms in total. The second-order valence-electron chi connectivity index (χ2n) is 4.55. The number of aliphatic hydroxyl groups is 4. The van der Waals surface area contributed by atoms with Gasteiger partial charge in [0.25, 0.3) is 0 Å². The van der Waals surface area contributed by atoms with Gasteiger partial charge < -0.3 is 25.7 Å². The molecule has 0 aliphatic carbocycles. The zero-order valence-electron chi connectivity index (χ0n) is 10.1. The fraction of sp³-hybridized carbons (Fsp3) is 0.538. The van der Waals surface area contributed by atoms with Crippen LogP contribution < -0.4 is 5.32 Å². The summed E-state index contributed by atoms with van der Waals surface area (Å²) in [5.74, 6) is 0. The van der Waals surface area contributed by atoms with Crippen molar-refractivity contribution in [3.05, 3.63) is 28.8 Å². The molecule has 0 bridgehead atoms. The number of aliphatic hydroxyl groups excluding tert-OH is 3. The molecule has 5 heteroatoms. The highest BCUT2D eigenvalue weighted by molar-refractivity contribution is 5.61. The Morgan fingerprint density at radius 2 is 2.00 bits per heavy atom. The summed E-state index contributed by atoms with van der Waals surface area (Å²) in [7, 11) is 0. The SMILES string of the molecule is OCCC(O)c1ccc2c(c1CC(O)O)CCN2. The van der Waals surface area contributed by atoms with Crippen molar-refractivity contribution >= 4 is 5.69 Å². The maximum Gasteiger partial charge on any atom is 0.155 e. The van der Waals surface area contributed by atoms with Gasteiger partial charge in [-0.05, 0) is 29.2 Å². The van der Waals surface area contributed by atoms with Crippen molar-refractivity contribution in [3.8, 4) is 0 Å². The fourth-order valence-electron chi connectivity index (χ4n) is 2.50. The summed E-state index contributed by atoms with van der Waals surface area (Å²) in [5.41, 5.74) is 3.50. The van der Waals surface area contributed by atoms with Crippen LogP contribution in [-0.4, -0.2) is 39.9 Å². The van der Waals surface area contributed by atoms with Crippen molar-refractivity contribution in [1.29, 1.82) is 0 Å². The second kappa shape index (κ2) is 5.67. The highest BCUT2D eigenvalue weighted by Crippen LogP contribution is 2.33. The molecule has 1 unspecified atom stereocenters. The number of rotatable bonds is 5. The Morgan fingerprint density at radius 1 is 1.22 bits per heavy atom. The molecule has 100 valence electrons. The lowest BCUT2D eigenvalue weighted by Crippen LogP contribution is -2.14. The quantitative estimate of drug-likeness (QED) is 0.473. The van der Waals surface area contributed by atoms with Gasteiger partial charge in [0.1, 0.15) is 0 Å². The van der Waals surface area contributed by atoms with Gasteiger partial charge in [0.2, 0.25) is 0 Å². The molecule has 1 aromatic carbocycles. The van der Waals surface area contributed by atoms with Gasteiger partial charge >= 0.3 is 0 Å². The number of nitrogens with one attached hydrogen (secondary N) is 1. The van der Waals surface area contributed by atoms with Crippen LogP contribution in [0.2, 0.25) is 0 Å². The summed E-state index contributed by atoms with van der Waals surface area (Å²) < 4.78 is 0. The molecule has 0 amide bonds.